The van der Waals surface area contributed by atoms with Crippen molar-refractivity contribution >= 4 is 11.4 Å². The molecule has 0 amide bonds. The van der Waals surface area contributed by atoms with Gasteiger partial charge < -0.3 is 5.32 Å². The summed E-state index contributed by atoms with van der Waals surface area (Å²) in [6.45, 7) is 0. The second kappa shape index (κ2) is 4.65. The molecule has 0 saturated carbocycles. The lowest BCUT2D eigenvalue weighted by Gasteiger charge is -1.98. The van der Waals surface area contributed by atoms with Gasteiger partial charge in [-0.1, -0.05) is 6.07 Å². The average Bonchev–Trinajstić information content (AvgIpc) is 2.85. The largest absolute Gasteiger partial charge is 0.345 e. The third-order valence-electron chi connectivity index (χ3n) is 1.75. The number of nitriles is 1. The Hall–Kier alpha value is -2.75. The van der Waals surface area contributed by atoms with Crippen molar-refractivity contribution in [1.82, 2.24) is 25.6 Å². The molecule has 0 radical (unpaired) electrons. The van der Waals surface area contributed by atoms with Crippen LogP contribution in [0.1, 0.15) is 5.82 Å². The van der Waals surface area contributed by atoms with Gasteiger partial charge in [-0.2, -0.15) is 5.26 Å². The van der Waals surface area contributed by atoms with Gasteiger partial charge >= 0.3 is 0 Å². The highest BCUT2D eigenvalue weighted by Crippen LogP contribution is 2.07. The van der Waals surface area contributed by atoms with Crippen molar-refractivity contribution in [3.8, 4) is 6.07 Å². The van der Waals surface area contributed by atoms with Crippen molar-refractivity contribution in [1.29, 1.82) is 5.26 Å². The zero-order chi connectivity index (χ0) is 11.2. The van der Waals surface area contributed by atoms with Gasteiger partial charge in [0.2, 0.25) is 0 Å². The number of anilines is 1. The summed E-state index contributed by atoms with van der Waals surface area (Å²) >= 11 is 0. The number of aromatic amines is 1. The first-order chi connectivity index (χ1) is 7.90. The van der Waals surface area contributed by atoms with E-state index >= 15 is 0 Å². The SMILES string of the molecule is N#CC(=CNc1ccccn1)c1nnn[nH]1. The van der Waals surface area contributed by atoms with E-state index in [1.807, 2.05) is 12.1 Å². The van der Waals surface area contributed by atoms with Crippen LogP contribution in [0.5, 0.6) is 0 Å². The molecule has 2 rings (SSSR count). The van der Waals surface area contributed by atoms with E-state index < -0.39 is 0 Å². The molecule has 2 aromatic rings. The second-order valence-corrected chi connectivity index (χ2v) is 2.78. The Morgan fingerprint density at radius 1 is 1.50 bits per heavy atom. The summed E-state index contributed by atoms with van der Waals surface area (Å²) in [5.41, 5.74) is 0.302. The maximum Gasteiger partial charge on any atom is 0.191 e. The Bertz CT molecular complexity index is 509. The van der Waals surface area contributed by atoms with Gasteiger partial charge in [-0.3, -0.25) is 0 Å². The van der Waals surface area contributed by atoms with E-state index in [2.05, 4.69) is 30.9 Å². The molecule has 0 saturated heterocycles. The van der Waals surface area contributed by atoms with Crippen LogP contribution in [0, 0.1) is 11.3 Å². The van der Waals surface area contributed by atoms with Crippen molar-refractivity contribution in [3.05, 3.63) is 36.4 Å². The predicted molar refractivity (Wildman–Crippen MR) is 55.6 cm³/mol. The van der Waals surface area contributed by atoms with Crippen molar-refractivity contribution in [2.24, 2.45) is 0 Å². The minimum absolute atomic E-state index is 0.302. The van der Waals surface area contributed by atoms with Crippen LogP contribution >= 0.6 is 0 Å². The molecule has 0 aliphatic rings. The fourth-order valence-corrected chi connectivity index (χ4v) is 1.02. The summed E-state index contributed by atoms with van der Waals surface area (Å²) in [5.74, 6) is 0.952. The molecule has 2 N–H and O–H groups in total. The molecule has 0 unspecified atom stereocenters. The third-order valence-corrected chi connectivity index (χ3v) is 1.75. The van der Waals surface area contributed by atoms with Gasteiger partial charge in [-0.05, 0) is 22.6 Å². The van der Waals surface area contributed by atoms with Gasteiger partial charge in [0, 0.05) is 12.4 Å². The number of allylic oxidation sites excluding steroid dienone is 1. The molecule has 0 bridgehead atoms. The van der Waals surface area contributed by atoms with E-state index in [-0.39, 0.29) is 0 Å². The third kappa shape index (κ3) is 2.19. The number of nitrogens with one attached hydrogen (secondary N) is 2. The van der Waals surface area contributed by atoms with Crippen LogP contribution in [-0.4, -0.2) is 25.6 Å². The number of nitrogens with zero attached hydrogens (tertiary/aromatic N) is 5. The maximum absolute atomic E-state index is 8.88. The first-order valence-corrected chi connectivity index (χ1v) is 4.42. The lowest BCUT2D eigenvalue weighted by molar-refractivity contribution is 0.881. The van der Waals surface area contributed by atoms with Gasteiger partial charge in [0.25, 0.3) is 0 Å². The zero-order valence-corrected chi connectivity index (χ0v) is 8.12. The van der Waals surface area contributed by atoms with Crippen LogP contribution in [0.2, 0.25) is 0 Å². The monoisotopic (exact) mass is 213 g/mol. The summed E-state index contributed by atoms with van der Waals surface area (Å²) in [7, 11) is 0. The molecule has 7 nitrogen and oxygen atoms in total. The number of H-pyrrole nitrogens is 1. The first kappa shape index (κ1) is 9.79. The standard InChI is InChI=1S/C9H7N7/c10-5-7(9-13-15-16-14-9)6-12-8-3-1-2-4-11-8/h1-4,6H,(H,11,12)(H,13,14,15,16). The van der Waals surface area contributed by atoms with E-state index in [4.69, 9.17) is 5.26 Å². The van der Waals surface area contributed by atoms with Gasteiger partial charge in [0.1, 0.15) is 17.5 Å². The maximum atomic E-state index is 8.88. The topological polar surface area (TPSA) is 103 Å². The summed E-state index contributed by atoms with van der Waals surface area (Å²) in [5, 5.41) is 24.7. The van der Waals surface area contributed by atoms with Crippen LogP contribution in [0.25, 0.3) is 5.57 Å². The van der Waals surface area contributed by atoms with Crippen LogP contribution in [-0.2, 0) is 0 Å². The number of hydrogen-bond acceptors (Lipinski definition) is 6. The molecule has 2 heterocycles. The van der Waals surface area contributed by atoms with E-state index in [9.17, 15) is 0 Å². The van der Waals surface area contributed by atoms with E-state index in [0.717, 1.165) is 0 Å². The lowest BCUT2D eigenvalue weighted by Crippen LogP contribution is -1.94. The number of aromatic nitrogens is 5. The van der Waals surface area contributed by atoms with Gasteiger partial charge in [-0.25, -0.2) is 10.1 Å². The van der Waals surface area contributed by atoms with Crippen LogP contribution < -0.4 is 5.32 Å². The van der Waals surface area contributed by atoms with Crippen molar-refractivity contribution in [2.45, 2.75) is 0 Å². The Labute approximate surface area is 90.8 Å². The van der Waals surface area contributed by atoms with Gasteiger partial charge in [0.05, 0.1) is 0 Å². The summed E-state index contributed by atoms with van der Waals surface area (Å²) in [6.07, 6.45) is 3.14. The fourth-order valence-electron chi connectivity index (χ4n) is 1.02. The molecule has 0 aliphatic carbocycles. The van der Waals surface area contributed by atoms with Crippen molar-refractivity contribution < 1.29 is 0 Å². The zero-order valence-electron chi connectivity index (χ0n) is 8.12. The summed E-state index contributed by atoms with van der Waals surface area (Å²) < 4.78 is 0. The summed E-state index contributed by atoms with van der Waals surface area (Å²) in [4.78, 5) is 4.04. The number of hydrogen-bond donors (Lipinski definition) is 2. The fraction of sp³-hybridized carbons (Fsp3) is 0. The number of tetrazole rings is 1. The number of rotatable bonds is 3. The van der Waals surface area contributed by atoms with Crippen LogP contribution in [0.15, 0.2) is 30.6 Å². The van der Waals surface area contributed by atoms with Crippen LogP contribution in [0.4, 0.5) is 5.82 Å². The lowest BCUT2D eigenvalue weighted by atomic mass is 10.3. The van der Waals surface area contributed by atoms with Crippen LogP contribution in [0.3, 0.4) is 0 Å². The van der Waals surface area contributed by atoms with Crippen molar-refractivity contribution in [3.63, 3.8) is 0 Å². The molecule has 0 aliphatic heterocycles. The van der Waals surface area contributed by atoms with E-state index in [0.29, 0.717) is 17.2 Å². The molecule has 2 aromatic heterocycles. The quantitative estimate of drug-likeness (QED) is 0.722. The minimum Gasteiger partial charge on any atom is -0.345 e. The van der Waals surface area contributed by atoms with E-state index in [1.165, 1.54) is 6.20 Å². The smallest absolute Gasteiger partial charge is 0.191 e. The first-order valence-electron chi connectivity index (χ1n) is 4.42. The molecule has 78 valence electrons. The molecular weight excluding hydrogens is 206 g/mol. The molecule has 16 heavy (non-hydrogen) atoms. The summed E-state index contributed by atoms with van der Waals surface area (Å²) in [6, 6.07) is 7.40. The van der Waals surface area contributed by atoms with Gasteiger partial charge in [-0.15, -0.1) is 5.10 Å². The highest BCUT2D eigenvalue weighted by atomic mass is 15.5. The average molecular weight is 213 g/mol. The molecular formula is C9H7N7. The molecule has 0 aromatic carbocycles. The second-order valence-electron chi connectivity index (χ2n) is 2.78. The molecule has 0 atom stereocenters. The van der Waals surface area contributed by atoms with E-state index in [1.54, 1.807) is 18.3 Å². The Kier molecular flexibility index (Phi) is 2.85. The highest BCUT2D eigenvalue weighted by Gasteiger charge is 2.03. The Morgan fingerprint density at radius 2 is 2.44 bits per heavy atom. The minimum atomic E-state index is 0.302. The van der Waals surface area contributed by atoms with Crippen molar-refractivity contribution in [2.75, 3.05) is 5.32 Å². The normalized spacial score (nSPS) is 10.8. The molecule has 0 fully saturated rings. The molecule has 0 spiro atoms. The Balaban J connectivity index is 2.15. The molecule has 7 heteroatoms. The highest BCUT2D eigenvalue weighted by molar-refractivity contribution is 5.73. The number of pyridine rings is 1. The Morgan fingerprint density at radius 3 is 3.06 bits per heavy atom. The van der Waals surface area contributed by atoms with Gasteiger partial charge in [0.15, 0.2) is 5.82 Å². The predicted octanol–water partition coefficient (Wildman–Crippen LogP) is 0.571.